The molecular formula is C19H18BFN4O3. The van der Waals surface area contributed by atoms with E-state index in [1.807, 2.05) is 6.07 Å². The normalized spacial score (nSPS) is 10.4. The van der Waals surface area contributed by atoms with Crippen molar-refractivity contribution in [2.75, 3.05) is 17.3 Å². The topological polar surface area (TPSA) is 98.6 Å². The van der Waals surface area contributed by atoms with Gasteiger partial charge < -0.3 is 20.3 Å². The minimum absolute atomic E-state index is 0.270. The molecule has 0 spiro atoms. The van der Waals surface area contributed by atoms with Crippen LogP contribution in [0.5, 0.6) is 0 Å². The zero-order chi connectivity index (χ0) is 20.1. The van der Waals surface area contributed by atoms with Crippen molar-refractivity contribution in [2.45, 2.75) is 6.54 Å². The number of amides is 1. The van der Waals surface area contributed by atoms with Crippen molar-refractivity contribution in [3.63, 3.8) is 0 Å². The Hall–Kier alpha value is -3.30. The molecule has 3 aromatic rings. The average molecular weight is 380 g/mol. The number of nitrogens with one attached hydrogen (secondary N) is 1. The zero-order valence-corrected chi connectivity index (χ0v) is 15.1. The third-order valence-electron chi connectivity index (χ3n) is 4.01. The Balaban J connectivity index is 1.65. The van der Waals surface area contributed by atoms with E-state index >= 15 is 0 Å². The molecule has 3 rings (SSSR count). The van der Waals surface area contributed by atoms with E-state index in [9.17, 15) is 19.2 Å². The maximum atomic E-state index is 12.9. The van der Waals surface area contributed by atoms with Crippen molar-refractivity contribution in [1.82, 2.24) is 9.97 Å². The Labute approximate surface area is 161 Å². The summed E-state index contributed by atoms with van der Waals surface area (Å²) >= 11 is 0. The van der Waals surface area contributed by atoms with E-state index in [2.05, 4.69) is 15.3 Å². The third-order valence-corrected chi connectivity index (χ3v) is 4.01. The van der Waals surface area contributed by atoms with Crippen LogP contribution >= 0.6 is 0 Å². The van der Waals surface area contributed by atoms with Crippen molar-refractivity contribution < 1.29 is 19.2 Å². The predicted molar refractivity (Wildman–Crippen MR) is 105 cm³/mol. The van der Waals surface area contributed by atoms with Crippen LogP contribution in [0.2, 0.25) is 0 Å². The van der Waals surface area contributed by atoms with E-state index in [1.165, 1.54) is 36.7 Å². The van der Waals surface area contributed by atoms with E-state index in [-0.39, 0.29) is 11.4 Å². The highest BCUT2D eigenvalue weighted by molar-refractivity contribution is 6.58. The van der Waals surface area contributed by atoms with Gasteiger partial charge in [0.15, 0.2) is 0 Å². The Morgan fingerprint density at radius 2 is 1.82 bits per heavy atom. The van der Waals surface area contributed by atoms with Gasteiger partial charge in [-0.25, -0.2) is 14.4 Å². The first-order chi connectivity index (χ1) is 13.4. The molecule has 0 bridgehead atoms. The summed E-state index contributed by atoms with van der Waals surface area (Å²) in [7, 11) is 0.260. The van der Waals surface area contributed by atoms with Crippen molar-refractivity contribution in [2.24, 2.45) is 0 Å². The molecule has 0 aliphatic carbocycles. The molecule has 0 fully saturated rings. The van der Waals surface area contributed by atoms with Gasteiger partial charge in [0.25, 0.3) is 5.91 Å². The first kappa shape index (κ1) is 19.5. The summed E-state index contributed by atoms with van der Waals surface area (Å²) in [4.78, 5) is 22.4. The first-order valence-corrected chi connectivity index (χ1v) is 8.47. The van der Waals surface area contributed by atoms with Gasteiger partial charge in [0.2, 0.25) is 5.95 Å². The number of nitrogens with zero attached hydrogens (tertiary/aromatic N) is 3. The summed E-state index contributed by atoms with van der Waals surface area (Å²) in [5, 5.41) is 21.2. The Bertz CT molecular complexity index is 952. The van der Waals surface area contributed by atoms with Gasteiger partial charge in [-0.15, -0.1) is 0 Å². The molecule has 1 amide bonds. The van der Waals surface area contributed by atoms with E-state index in [1.54, 1.807) is 30.1 Å². The summed E-state index contributed by atoms with van der Waals surface area (Å²) in [6.45, 7) is 0.446. The van der Waals surface area contributed by atoms with Crippen LogP contribution in [-0.2, 0) is 6.54 Å². The summed E-state index contributed by atoms with van der Waals surface area (Å²) < 4.78 is 12.9. The van der Waals surface area contributed by atoms with Crippen LogP contribution in [0, 0.1) is 5.82 Å². The lowest BCUT2D eigenvalue weighted by Crippen LogP contribution is -2.30. The van der Waals surface area contributed by atoms with E-state index in [4.69, 9.17) is 0 Å². The predicted octanol–water partition coefficient (Wildman–Crippen LogP) is 1.18. The highest BCUT2D eigenvalue weighted by atomic mass is 19.1. The molecule has 0 atom stereocenters. The van der Waals surface area contributed by atoms with Crippen LogP contribution in [-0.4, -0.2) is 40.1 Å². The maximum Gasteiger partial charge on any atom is 0.488 e. The number of anilines is 2. The van der Waals surface area contributed by atoms with Crippen LogP contribution in [0.4, 0.5) is 16.0 Å². The molecule has 3 N–H and O–H groups in total. The SMILES string of the molecule is CN(Cc1cccc(B(O)O)c1)c1ncc(C(=O)Nc2ccc(F)cc2)cn1. The quantitative estimate of drug-likeness (QED) is 0.556. The molecule has 9 heteroatoms. The molecular weight excluding hydrogens is 362 g/mol. The number of hydrogen-bond acceptors (Lipinski definition) is 6. The lowest BCUT2D eigenvalue weighted by atomic mass is 9.79. The van der Waals surface area contributed by atoms with Crippen LogP contribution in [0.15, 0.2) is 60.9 Å². The largest absolute Gasteiger partial charge is 0.488 e. The van der Waals surface area contributed by atoms with Crippen molar-refractivity contribution in [3.05, 3.63) is 77.9 Å². The fourth-order valence-corrected chi connectivity index (χ4v) is 2.57. The summed E-state index contributed by atoms with van der Waals surface area (Å²) in [6.07, 6.45) is 2.82. The smallest absolute Gasteiger partial charge is 0.423 e. The van der Waals surface area contributed by atoms with Crippen LogP contribution in [0.1, 0.15) is 15.9 Å². The average Bonchev–Trinajstić information content (AvgIpc) is 2.70. The fourth-order valence-electron chi connectivity index (χ4n) is 2.57. The van der Waals surface area contributed by atoms with Gasteiger partial charge in [-0.3, -0.25) is 4.79 Å². The van der Waals surface area contributed by atoms with Crippen molar-refractivity contribution in [1.29, 1.82) is 0 Å². The number of hydrogen-bond donors (Lipinski definition) is 3. The minimum Gasteiger partial charge on any atom is -0.423 e. The van der Waals surface area contributed by atoms with E-state index in [0.717, 1.165) is 5.56 Å². The molecule has 0 radical (unpaired) electrons. The van der Waals surface area contributed by atoms with E-state index < -0.39 is 13.0 Å². The molecule has 28 heavy (non-hydrogen) atoms. The zero-order valence-electron chi connectivity index (χ0n) is 15.1. The van der Waals surface area contributed by atoms with Crippen LogP contribution in [0.25, 0.3) is 0 Å². The van der Waals surface area contributed by atoms with E-state index in [0.29, 0.717) is 23.6 Å². The Morgan fingerprint density at radius 1 is 1.14 bits per heavy atom. The molecule has 0 aliphatic rings. The standard InChI is InChI=1S/C19H18BFN4O3/c1-25(12-13-3-2-4-15(9-13)20(27)28)19-22-10-14(11-23-19)18(26)24-17-7-5-16(21)6-8-17/h2-11,27-28H,12H2,1H3,(H,24,26). The van der Waals surface area contributed by atoms with Crippen molar-refractivity contribution >= 4 is 30.1 Å². The minimum atomic E-state index is -1.53. The molecule has 7 nitrogen and oxygen atoms in total. The molecule has 0 saturated carbocycles. The number of carbonyl (C=O) groups excluding carboxylic acids is 1. The molecule has 1 heterocycles. The molecule has 0 unspecified atom stereocenters. The van der Waals surface area contributed by atoms with Gasteiger partial charge in [0.05, 0.1) is 5.56 Å². The molecule has 0 aliphatic heterocycles. The molecule has 142 valence electrons. The Morgan fingerprint density at radius 3 is 2.46 bits per heavy atom. The number of aromatic nitrogens is 2. The van der Waals surface area contributed by atoms with Crippen LogP contribution in [0.3, 0.4) is 0 Å². The second kappa shape index (κ2) is 8.60. The second-order valence-corrected chi connectivity index (χ2v) is 6.21. The molecule has 1 aromatic heterocycles. The number of rotatable bonds is 6. The van der Waals surface area contributed by atoms with Crippen molar-refractivity contribution in [3.8, 4) is 0 Å². The first-order valence-electron chi connectivity index (χ1n) is 8.47. The monoisotopic (exact) mass is 380 g/mol. The molecule has 2 aromatic carbocycles. The van der Waals surface area contributed by atoms with Gasteiger partial charge >= 0.3 is 7.12 Å². The van der Waals surface area contributed by atoms with Gasteiger partial charge in [-0.2, -0.15) is 0 Å². The summed E-state index contributed by atoms with van der Waals surface area (Å²) in [6, 6.07) is 12.4. The summed E-state index contributed by atoms with van der Waals surface area (Å²) in [5.74, 6) is -0.369. The lowest BCUT2D eigenvalue weighted by molar-refractivity contribution is 0.102. The van der Waals surface area contributed by atoms with Gasteiger partial charge in [0, 0.05) is 31.7 Å². The highest BCUT2D eigenvalue weighted by Crippen LogP contribution is 2.12. The van der Waals surface area contributed by atoms with Gasteiger partial charge in [0.1, 0.15) is 5.82 Å². The third kappa shape index (κ3) is 4.90. The van der Waals surface area contributed by atoms with Crippen LogP contribution < -0.4 is 15.7 Å². The number of carbonyl (C=O) groups is 1. The van der Waals surface area contributed by atoms with Gasteiger partial charge in [-0.05, 0) is 35.3 Å². The fraction of sp³-hybridized carbons (Fsp3) is 0.105. The number of benzene rings is 2. The lowest BCUT2D eigenvalue weighted by Gasteiger charge is -2.17. The maximum absolute atomic E-state index is 12.9. The molecule has 0 saturated heterocycles. The van der Waals surface area contributed by atoms with Gasteiger partial charge in [-0.1, -0.05) is 24.3 Å². The number of halogens is 1. The Kier molecular flexibility index (Phi) is 5.98. The highest BCUT2D eigenvalue weighted by Gasteiger charge is 2.13. The second-order valence-electron chi connectivity index (χ2n) is 6.21. The summed E-state index contributed by atoms with van der Waals surface area (Å²) in [5.41, 5.74) is 2.00.